The number of amides is 2. The Morgan fingerprint density at radius 2 is 1.94 bits per heavy atom. The van der Waals surface area contributed by atoms with Crippen LogP contribution >= 0.6 is 11.3 Å². The van der Waals surface area contributed by atoms with Gasteiger partial charge in [0.2, 0.25) is 5.91 Å². The molecule has 0 spiro atoms. The maximum absolute atomic E-state index is 12.0. The molecule has 0 bridgehead atoms. The van der Waals surface area contributed by atoms with Gasteiger partial charge in [-0.15, -0.1) is 11.3 Å². The lowest BCUT2D eigenvalue weighted by atomic mass is 10.2. The van der Waals surface area contributed by atoms with Crippen molar-refractivity contribution in [2.24, 2.45) is 0 Å². The number of rotatable bonds is 2. The third-order valence-corrected chi connectivity index (χ3v) is 3.74. The number of carbonyl (C=O) groups is 2. The van der Waals surface area contributed by atoms with Crippen LogP contribution in [-0.2, 0) is 4.79 Å². The Morgan fingerprint density at radius 3 is 2.50 bits per heavy atom. The van der Waals surface area contributed by atoms with Crippen LogP contribution in [0.15, 0.2) is 17.5 Å². The van der Waals surface area contributed by atoms with Gasteiger partial charge in [-0.1, -0.05) is 6.07 Å². The molecule has 2 rings (SSSR count). The molecule has 0 aromatic carbocycles. The van der Waals surface area contributed by atoms with Gasteiger partial charge >= 0.3 is 0 Å². The highest BCUT2D eigenvalue weighted by molar-refractivity contribution is 7.12. The molecular weight excluding hydrogens is 250 g/mol. The third-order valence-electron chi connectivity index (χ3n) is 2.88. The van der Waals surface area contributed by atoms with E-state index in [1.165, 1.54) is 11.3 Å². The van der Waals surface area contributed by atoms with Gasteiger partial charge in [0.15, 0.2) is 0 Å². The molecule has 0 atom stereocenters. The minimum atomic E-state index is -0.152. The molecule has 1 aromatic rings. The Bertz CT molecular complexity index is 470. The summed E-state index contributed by atoms with van der Waals surface area (Å²) in [6.07, 6.45) is -0.0845. The number of piperazine rings is 1. The minimum absolute atomic E-state index is 0.0254. The van der Waals surface area contributed by atoms with Crippen LogP contribution in [0.5, 0.6) is 0 Å². The van der Waals surface area contributed by atoms with E-state index in [2.05, 4.69) is 0 Å². The highest BCUT2D eigenvalue weighted by Crippen LogP contribution is 2.14. The molecule has 1 saturated heterocycles. The summed E-state index contributed by atoms with van der Waals surface area (Å²) < 4.78 is 0. The molecule has 1 fully saturated rings. The summed E-state index contributed by atoms with van der Waals surface area (Å²) in [7, 11) is 0. The molecule has 2 heterocycles. The summed E-state index contributed by atoms with van der Waals surface area (Å²) in [5.41, 5.74) is 0. The van der Waals surface area contributed by atoms with Crippen LogP contribution in [0.4, 0.5) is 0 Å². The van der Waals surface area contributed by atoms with Crippen molar-refractivity contribution >= 4 is 23.2 Å². The molecule has 0 radical (unpaired) electrons. The average Bonchev–Trinajstić information content (AvgIpc) is 2.92. The van der Waals surface area contributed by atoms with E-state index < -0.39 is 0 Å². The van der Waals surface area contributed by atoms with E-state index in [9.17, 15) is 9.59 Å². The van der Waals surface area contributed by atoms with Crippen LogP contribution in [-0.4, -0.2) is 47.8 Å². The van der Waals surface area contributed by atoms with Gasteiger partial charge in [0.1, 0.15) is 6.42 Å². The Hall–Kier alpha value is -1.87. The van der Waals surface area contributed by atoms with Crippen LogP contribution < -0.4 is 0 Å². The predicted molar refractivity (Wildman–Crippen MR) is 67.0 cm³/mol. The summed E-state index contributed by atoms with van der Waals surface area (Å²) in [6.45, 7) is 2.09. The van der Waals surface area contributed by atoms with Crippen LogP contribution in [0.25, 0.3) is 0 Å². The SMILES string of the molecule is N#CCC(=O)N1CCN(C(=O)c2cccs2)CC1. The molecule has 0 N–H and O–H groups in total. The van der Waals surface area contributed by atoms with Gasteiger partial charge in [-0.25, -0.2) is 0 Å². The zero-order chi connectivity index (χ0) is 13.0. The molecular formula is C12H13N3O2S. The fraction of sp³-hybridized carbons (Fsp3) is 0.417. The summed E-state index contributed by atoms with van der Waals surface area (Å²) in [5.74, 6) is -0.127. The molecule has 5 nitrogen and oxygen atoms in total. The molecule has 94 valence electrons. The fourth-order valence-corrected chi connectivity index (χ4v) is 2.59. The van der Waals surface area contributed by atoms with Gasteiger partial charge in [0.25, 0.3) is 5.91 Å². The molecule has 18 heavy (non-hydrogen) atoms. The van der Waals surface area contributed by atoms with Crippen LogP contribution in [0.2, 0.25) is 0 Å². The molecule has 2 amide bonds. The second-order valence-corrected chi connectivity index (χ2v) is 4.93. The lowest BCUT2D eigenvalue weighted by molar-refractivity contribution is -0.131. The minimum Gasteiger partial charge on any atom is -0.338 e. The second kappa shape index (κ2) is 5.65. The van der Waals surface area contributed by atoms with Crippen molar-refractivity contribution < 1.29 is 9.59 Å². The molecule has 1 aliphatic heterocycles. The van der Waals surface area contributed by atoms with Crippen molar-refractivity contribution in [1.82, 2.24) is 9.80 Å². The lowest BCUT2D eigenvalue weighted by Crippen LogP contribution is -2.50. The summed E-state index contributed by atoms with van der Waals surface area (Å²) in [4.78, 5) is 27.7. The zero-order valence-electron chi connectivity index (χ0n) is 9.83. The highest BCUT2D eigenvalue weighted by Gasteiger charge is 2.24. The maximum atomic E-state index is 12.0. The first-order chi connectivity index (χ1) is 8.72. The van der Waals surface area contributed by atoms with Gasteiger partial charge in [0.05, 0.1) is 10.9 Å². The van der Waals surface area contributed by atoms with E-state index in [1.54, 1.807) is 15.9 Å². The second-order valence-electron chi connectivity index (χ2n) is 3.99. The topological polar surface area (TPSA) is 64.4 Å². The molecule has 6 heteroatoms. The Balaban J connectivity index is 1.89. The van der Waals surface area contributed by atoms with Gasteiger partial charge in [-0.2, -0.15) is 5.26 Å². The number of thiophene rings is 1. The molecule has 0 unspecified atom stereocenters. The number of nitriles is 1. The molecule has 1 aliphatic rings. The largest absolute Gasteiger partial charge is 0.338 e. The predicted octanol–water partition coefficient (Wildman–Crippen LogP) is 0.946. The smallest absolute Gasteiger partial charge is 0.264 e. The van der Waals surface area contributed by atoms with Crippen molar-refractivity contribution in [1.29, 1.82) is 5.26 Å². The summed E-state index contributed by atoms with van der Waals surface area (Å²) in [6, 6.07) is 5.51. The van der Waals surface area contributed by atoms with Gasteiger partial charge in [0, 0.05) is 26.2 Å². The first-order valence-corrected chi connectivity index (χ1v) is 6.58. The van der Waals surface area contributed by atoms with E-state index in [1.807, 2.05) is 17.5 Å². The van der Waals surface area contributed by atoms with Crippen molar-refractivity contribution in [3.05, 3.63) is 22.4 Å². The van der Waals surface area contributed by atoms with Gasteiger partial charge in [-0.05, 0) is 11.4 Å². The van der Waals surface area contributed by atoms with E-state index in [0.717, 1.165) is 4.88 Å². The van der Waals surface area contributed by atoms with Crippen molar-refractivity contribution in [3.8, 4) is 6.07 Å². The van der Waals surface area contributed by atoms with Gasteiger partial charge < -0.3 is 9.80 Å². The Kier molecular flexibility index (Phi) is 3.95. The van der Waals surface area contributed by atoms with Gasteiger partial charge in [-0.3, -0.25) is 9.59 Å². The first-order valence-electron chi connectivity index (χ1n) is 5.70. The van der Waals surface area contributed by atoms with E-state index in [4.69, 9.17) is 5.26 Å². The quantitative estimate of drug-likeness (QED) is 0.798. The first kappa shape index (κ1) is 12.6. The average molecular weight is 263 g/mol. The summed E-state index contributed by atoms with van der Waals surface area (Å²) in [5, 5.41) is 10.3. The third kappa shape index (κ3) is 2.68. The monoisotopic (exact) mass is 263 g/mol. The lowest BCUT2D eigenvalue weighted by Gasteiger charge is -2.34. The zero-order valence-corrected chi connectivity index (χ0v) is 10.7. The molecule has 1 aromatic heterocycles. The van der Waals surface area contributed by atoms with Crippen LogP contribution in [0.3, 0.4) is 0 Å². The standard InChI is InChI=1S/C12H13N3O2S/c13-4-3-11(16)14-5-7-15(8-6-14)12(17)10-2-1-9-18-10/h1-2,9H,3,5-8H2. The number of hydrogen-bond acceptors (Lipinski definition) is 4. The molecule has 0 aliphatic carbocycles. The highest BCUT2D eigenvalue weighted by atomic mass is 32.1. The number of nitrogens with zero attached hydrogens (tertiary/aromatic N) is 3. The van der Waals surface area contributed by atoms with E-state index in [0.29, 0.717) is 26.2 Å². The van der Waals surface area contributed by atoms with Crippen LogP contribution in [0, 0.1) is 11.3 Å². The normalized spacial score (nSPS) is 15.3. The number of carbonyl (C=O) groups excluding carboxylic acids is 2. The van der Waals surface area contributed by atoms with Crippen molar-refractivity contribution in [3.63, 3.8) is 0 Å². The summed E-state index contributed by atoms with van der Waals surface area (Å²) >= 11 is 1.43. The van der Waals surface area contributed by atoms with E-state index in [-0.39, 0.29) is 18.2 Å². The number of hydrogen-bond donors (Lipinski definition) is 0. The fourth-order valence-electron chi connectivity index (χ4n) is 1.89. The Morgan fingerprint density at radius 1 is 1.28 bits per heavy atom. The van der Waals surface area contributed by atoms with E-state index >= 15 is 0 Å². The van der Waals surface area contributed by atoms with Crippen LogP contribution in [0.1, 0.15) is 16.1 Å². The Labute approximate surface area is 109 Å². The maximum Gasteiger partial charge on any atom is 0.264 e. The van der Waals surface area contributed by atoms with Crippen molar-refractivity contribution in [2.75, 3.05) is 26.2 Å². The molecule has 0 saturated carbocycles. The van der Waals surface area contributed by atoms with Crippen molar-refractivity contribution in [2.45, 2.75) is 6.42 Å².